The number of pyridine rings is 1. The molecule has 25 heavy (non-hydrogen) atoms. The SMILES string of the molecule is Cc1ccnc(N2CCN(C(=O)NCc3nc4c(s3)CCC4)CC2)c1. The fourth-order valence-corrected chi connectivity index (χ4v) is 4.51. The second kappa shape index (κ2) is 7.00. The normalized spacial score (nSPS) is 16.8. The van der Waals surface area contributed by atoms with E-state index < -0.39 is 0 Å². The molecular formula is C18H23N5OS. The van der Waals surface area contributed by atoms with Gasteiger partial charge in [0.05, 0.1) is 12.2 Å². The third kappa shape index (κ3) is 3.61. The van der Waals surface area contributed by atoms with Crippen molar-refractivity contribution in [3.05, 3.63) is 39.5 Å². The Hall–Kier alpha value is -2.15. The molecule has 0 aromatic carbocycles. The Morgan fingerprint density at radius 1 is 1.28 bits per heavy atom. The van der Waals surface area contributed by atoms with Gasteiger partial charge < -0.3 is 15.1 Å². The third-order valence-corrected chi connectivity index (χ3v) is 5.98. The second-order valence-electron chi connectivity index (χ2n) is 6.66. The van der Waals surface area contributed by atoms with Crippen LogP contribution in [0.1, 0.15) is 27.6 Å². The van der Waals surface area contributed by atoms with Gasteiger partial charge in [0.1, 0.15) is 10.8 Å². The average molecular weight is 357 g/mol. The summed E-state index contributed by atoms with van der Waals surface area (Å²) in [6, 6.07) is 4.10. The molecule has 2 aromatic rings. The van der Waals surface area contributed by atoms with E-state index in [0.717, 1.165) is 49.8 Å². The van der Waals surface area contributed by atoms with Crippen LogP contribution in [0, 0.1) is 6.92 Å². The summed E-state index contributed by atoms with van der Waals surface area (Å²) in [4.78, 5) is 27.0. The van der Waals surface area contributed by atoms with E-state index in [4.69, 9.17) is 0 Å². The molecule has 0 radical (unpaired) electrons. The summed E-state index contributed by atoms with van der Waals surface area (Å²) >= 11 is 1.75. The number of hydrogen-bond acceptors (Lipinski definition) is 5. The molecule has 1 N–H and O–H groups in total. The van der Waals surface area contributed by atoms with Crippen molar-refractivity contribution in [1.29, 1.82) is 0 Å². The zero-order valence-electron chi connectivity index (χ0n) is 14.5. The van der Waals surface area contributed by atoms with E-state index in [0.29, 0.717) is 6.54 Å². The Morgan fingerprint density at radius 3 is 2.88 bits per heavy atom. The number of rotatable bonds is 3. The highest BCUT2D eigenvalue weighted by molar-refractivity contribution is 7.11. The number of carbonyl (C=O) groups excluding carboxylic acids is 1. The summed E-state index contributed by atoms with van der Waals surface area (Å²) in [6.07, 6.45) is 5.31. The Morgan fingerprint density at radius 2 is 2.12 bits per heavy atom. The summed E-state index contributed by atoms with van der Waals surface area (Å²) in [5, 5.41) is 4.05. The third-order valence-electron chi connectivity index (χ3n) is 4.82. The first-order chi connectivity index (χ1) is 12.2. The molecule has 1 fully saturated rings. The van der Waals surface area contributed by atoms with Crippen molar-refractivity contribution in [2.75, 3.05) is 31.1 Å². The maximum atomic E-state index is 12.4. The number of aromatic nitrogens is 2. The number of fused-ring (bicyclic) bond motifs is 1. The molecule has 0 spiro atoms. The van der Waals surface area contributed by atoms with E-state index in [2.05, 4.69) is 33.2 Å². The highest BCUT2D eigenvalue weighted by atomic mass is 32.1. The van der Waals surface area contributed by atoms with Crippen molar-refractivity contribution in [2.24, 2.45) is 0 Å². The van der Waals surface area contributed by atoms with Crippen LogP contribution in [0.15, 0.2) is 18.3 Å². The molecule has 1 aliphatic carbocycles. The summed E-state index contributed by atoms with van der Waals surface area (Å²) < 4.78 is 0. The quantitative estimate of drug-likeness (QED) is 0.916. The first-order valence-electron chi connectivity index (χ1n) is 8.87. The highest BCUT2D eigenvalue weighted by Gasteiger charge is 2.22. The van der Waals surface area contributed by atoms with Crippen LogP contribution in [-0.2, 0) is 19.4 Å². The molecule has 7 heteroatoms. The van der Waals surface area contributed by atoms with Gasteiger partial charge in [-0.1, -0.05) is 0 Å². The van der Waals surface area contributed by atoms with E-state index in [9.17, 15) is 4.79 Å². The van der Waals surface area contributed by atoms with Crippen LogP contribution in [0.2, 0.25) is 0 Å². The average Bonchev–Trinajstić information content (AvgIpc) is 3.21. The minimum atomic E-state index is 0.00668. The molecule has 4 rings (SSSR count). The van der Waals surface area contributed by atoms with Gasteiger partial charge in [-0.25, -0.2) is 14.8 Å². The van der Waals surface area contributed by atoms with E-state index >= 15 is 0 Å². The first kappa shape index (κ1) is 16.3. The highest BCUT2D eigenvalue weighted by Crippen LogP contribution is 2.27. The number of hydrogen-bond donors (Lipinski definition) is 1. The number of nitrogens with zero attached hydrogens (tertiary/aromatic N) is 4. The molecule has 132 valence electrons. The van der Waals surface area contributed by atoms with Gasteiger partial charge >= 0.3 is 6.03 Å². The Kier molecular flexibility index (Phi) is 4.57. The Bertz CT molecular complexity index is 745. The summed E-state index contributed by atoms with van der Waals surface area (Å²) in [5.74, 6) is 0.998. The van der Waals surface area contributed by atoms with Crippen molar-refractivity contribution >= 4 is 23.2 Å². The van der Waals surface area contributed by atoms with Gasteiger partial charge in [-0.05, 0) is 43.9 Å². The Balaban J connectivity index is 1.27. The lowest BCUT2D eigenvalue weighted by atomic mass is 10.2. The summed E-state index contributed by atoms with van der Waals surface area (Å²) in [5.41, 5.74) is 2.45. The largest absolute Gasteiger partial charge is 0.353 e. The number of nitrogens with one attached hydrogen (secondary N) is 1. The van der Waals surface area contributed by atoms with Crippen LogP contribution in [0.25, 0.3) is 0 Å². The zero-order chi connectivity index (χ0) is 17.2. The molecular weight excluding hydrogens is 334 g/mol. The van der Waals surface area contributed by atoms with Crippen molar-refractivity contribution < 1.29 is 4.79 Å². The standard InChI is InChI=1S/C18H23N5OS/c1-13-5-6-19-16(11-13)22-7-9-23(10-8-22)18(24)20-12-17-21-14-3-2-4-15(14)25-17/h5-6,11H,2-4,7-10,12H2,1H3,(H,20,24). The number of carbonyl (C=O) groups is 1. The van der Waals surface area contributed by atoms with Crippen molar-refractivity contribution in [2.45, 2.75) is 32.7 Å². The van der Waals surface area contributed by atoms with Gasteiger partial charge in [0.2, 0.25) is 0 Å². The number of piperazine rings is 1. The van der Waals surface area contributed by atoms with E-state index in [1.165, 1.54) is 22.6 Å². The summed E-state index contributed by atoms with van der Waals surface area (Å²) in [7, 11) is 0. The topological polar surface area (TPSA) is 61.4 Å². The van der Waals surface area contributed by atoms with Crippen LogP contribution in [0.5, 0.6) is 0 Å². The molecule has 0 saturated carbocycles. The van der Waals surface area contributed by atoms with E-state index in [1.807, 2.05) is 17.2 Å². The molecule has 2 amide bonds. The van der Waals surface area contributed by atoms with E-state index in [-0.39, 0.29) is 6.03 Å². The Labute approximate surface area is 151 Å². The smallest absolute Gasteiger partial charge is 0.317 e. The monoisotopic (exact) mass is 357 g/mol. The molecule has 1 saturated heterocycles. The number of thiazole rings is 1. The lowest BCUT2D eigenvalue weighted by molar-refractivity contribution is 0.194. The van der Waals surface area contributed by atoms with Gasteiger partial charge in [-0.15, -0.1) is 11.3 Å². The van der Waals surface area contributed by atoms with Crippen molar-refractivity contribution in [3.8, 4) is 0 Å². The van der Waals surface area contributed by atoms with Gasteiger partial charge in [0.25, 0.3) is 0 Å². The number of anilines is 1. The van der Waals surface area contributed by atoms with Gasteiger partial charge in [0.15, 0.2) is 0 Å². The van der Waals surface area contributed by atoms with E-state index in [1.54, 1.807) is 11.3 Å². The molecule has 2 aromatic heterocycles. The molecule has 0 atom stereocenters. The lowest BCUT2D eigenvalue weighted by Crippen LogP contribution is -2.51. The number of aryl methyl sites for hydroxylation is 3. The molecule has 0 bridgehead atoms. The lowest BCUT2D eigenvalue weighted by Gasteiger charge is -2.35. The minimum Gasteiger partial charge on any atom is -0.353 e. The molecule has 1 aliphatic heterocycles. The molecule has 2 aliphatic rings. The zero-order valence-corrected chi connectivity index (χ0v) is 15.3. The second-order valence-corrected chi connectivity index (χ2v) is 7.82. The van der Waals surface area contributed by atoms with Gasteiger partial charge in [-0.3, -0.25) is 0 Å². The maximum absolute atomic E-state index is 12.4. The first-order valence-corrected chi connectivity index (χ1v) is 9.68. The van der Waals surface area contributed by atoms with Gasteiger partial charge in [-0.2, -0.15) is 0 Å². The van der Waals surface area contributed by atoms with Crippen LogP contribution < -0.4 is 10.2 Å². The minimum absolute atomic E-state index is 0.00668. The number of urea groups is 1. The predicted molar refractivity (Wildman–Crippen MR) is 99.1 cm³/mol. The van der Waals surface area contributed by atoms with Crippen LogP contribution in [0.3, 0.4) is 0 Å². The summed E-state index contributed by atoms with van der Waals surface area (Å²) in [6.45, 7) is 5.68. The van der Waals surface area contributed by atoms with Crippen LogP contribution in [-0.4, -0.2) is 47.1 Å². The maximum Gasteiger partial charge on any atom is 0.317 e. The van der Waals surface area contributed by atoms with Crippen LogP contribution in [0.4, 0.5) is 10.6 Å². The number of amides is 2. The van der Waals surface area contributed by atoms with Crippen molar-refractivity contribution in [1.82, 2.24) is 20.2 Å². The van der Waals surface area contributed by atoms with Crippen LogP contribution >= 0.6 is 11.3 Å². The fourth-order valence-electron chi connectivity index (χ4n) is 3.41. The predicted octanol–water partition coefficient (Wildman–Crippen LogP) is 2.37. The molecule has 6 nitrogen and oxygen atoms in total. The van der Waals surface area contributed by atoms with Crippen molar-refractivity contribution in [3.63, 3.8) is 0 Å². The van der Waals surface area contributed by atoms with Gasteiger partial charge in [0, 0.05) is 37.3 Å². The molecule has 0 unspecified atom stereocenters. The fraction of sp³-hybridized carbons (Fsp3) is 0.500. The molecule has 3 heterocycles.